The van der Waals surface area contributed by atoms with Crippen molar-refractivity contribution < 1.29 is 14.6 Å². The summed E-state index contributed by atoms with van der Waals surface area (Å²) in [5.74, 6) is 0. The molecule has 20 heavy (non-hydrogen) atoms. The summed E-state index contributed by atoms with van der Waals surface area (Å²) in [6.07, 6.45) is -1.85. The topological polar surface area (TPSA) is 58.6 Å². The van der Waals surface area contributed by atoms with Gasteiger partial charge in [-0.25, -0.2) is 4.79 Å². The van der Waals surface area contributed by atoms with Crippen LogP contribution in [0.3, 0.4) is 0 Å². The molecule has 0 aliphatic carbocycles. The molecule has 0 saturated heterocycles. The van der Waals surface area contributed by atoms with Gasteiger partial charge in [-0.15, -0.1) is 0 Å². The van der Waals surface area contributed by atoms with Crippen molar-refractivity contribution in [3.05, 3.63) is 70.7 Å². The Kier molecular flexibility index (Phi) is 4.98. The van der Waals surface area contributed by atoms with Crippen molar-refractivity contribution in [2.75, 3.05) is 0 Å². The van der Waals surface area contributed by atoms with E-state index in [1.54, 1.807) is 24.3 Å². The first-order valence-corrected chi connectivity index (χ1v) is 6.44. The maximum atomic E-state index is 11.6. The minimum Gasteiger partial charge on any atom is -0.445 e. The van der Waals surface area contributed by atoms with Crippen molar-refractivity contribution in [3.8, 4) is 0 Å². The largest absolute Gasteiger partial charge is 0.445 e. The second-order valence-corrected chi connectivity index (χ2v) is 4.60. The summed E-state index contributed by atoms with van der Waals surface area (Å²) >= 11 is 5.81. The highest BCUT2D eigenvalue weighted by atomic mass is 35.5. The lowest BCUT2D eigenvalue weighted by atomic mass is 10.2. The number of hydrogen-bond acceptors (Lipinski definition) is 3. The van der Waals surface area contributed by atoms with E-state index in [0.717, 1.165) is 5.56 Å². The normalized spacial score (nSPS) is 11.7. The number of amides is 1. The molecule has 0 radical (unpaired) electrons. The average molecular weight is 292 g/mol. The van der Waals surface area contributed by atoms with Gasteiger partial charge in [0, 0.05) is 10.6 Å². The lowest BCUT2D eigenvalue weighted by molar-refractivity contribution is 0.0948. The van der Waals surface area contributed by atoms with E-state index in [4.69, 9.17) is 16.3 Å². The maximum Gasteiger partial charge on any atom is 0.409 e. The quantitative estimate of drug-likeness (QED) is 0.850. The monoisotopic (exact) mass is 291 g/mol. The van der Waals surface area contributed by atoms with Crippen molar-refractivity contribution in [3.63, 3.8) is 0 Å². The van der Waals surface area contributed by atoms with Crippen LogP contribution >= 0.6 is 11.6 Å². The van der Waals surface area contributed by atoms with Crippen LogP contribution in [0.4, 0.5) is 4.79 Å². The zero-order valence-corrected chi connectivity index (χ0v) is 11.4. The van der Waals surface area contributed by atoms with Gasteiger partial charge in [-0.1, -0.05) is 54.1 Å². The molecular weight excluding hydrogens is 278 g/mol. The minimum absolute atomic E-state index is 0.148. The maximum absolute atomic E-state index is 11.6. The molecule has 5 heteroatoms. The Morgan fingerprint density at radius 3 is 2.65 bits per heavy atom. The van der Waals surface area contributed by atoms with Gasteiger partial charge >= 0.3 is 6.09 Å². The van der Waals surface area contributed by atoms with E-state index in [9.17, 15) is 9.90 Å². The molecule has 1 amide bonds. The van der Waals surface area contributed by atoms with Crippen molar-refractivity contribution in [2.24, 2.45) is 0 Å². The molecule has 0 spiro atoms. The fourth-order valence-corrected chi connectivity index (χ4v) is 1.84. The fourth-order valence-electron chi connectivity index (χ4n) is 1.64. The number of benzene rings is 2. The van der Waals surface area contributed by atoms with Crippen molar-refractivity contribution >= 4 is 17.7 Å². The Hall–Kier alpha value is -2.04. The second-order valence-electron chi connectivity index (χ2n) is 4.16. The molecule has 0 aliphatic rings. The first kappa shape index (κ1) is 14.4. The van der Waals surface area contributed by atoms with Crippen LogP contribution in [-0.2, 0) is 11.3 Å². The summed E-state index contributed by atoms with van der Waals surface area (Å²) in [5, 5.41) is 12.7. The summed E-state index contributed by atoms with van der Waals surface area (Å²) in [4.78, 5) is 11.6. The van der Waals surface area contributed by atoms with Crippen molar-refractivity contribution in [1.82, 2.24) is 5.32 Å². The second kappa shape index (κ2) is 6.93. The third-order valence-electron chi connectivity index (χ3n) is 2.63. The molecule has 0 aromatic heterocycles. The fraction of sp³-hybridized carbons (Fsp3) is 0.133. The van der Waals surface area contributed by atoms with Crippen LogP contribution in [0.15, 0.2) is 54.6 Å². The standard InChI is InChI=1S/C15H14ClNO3/c16-13-8-4-7-12(9-13)14(18)17-15(19)20-10-11-5-2-1-3-6-11/h1-9,14,18H,10H2,(H,17,19). The van der Waals surface area contributed by atoms with E-state index in [0.29, 0.717) is 10.6 Å². The van der Waals surface area contributed by atoms with E-state index in [1.165, 1.54) is 0 Å². The van der Waals surface area contributed by atoms with Gasteiger partial charge in [0.15, 0.2) is 6.23 Å². The molecule has 2 N–H and O–H groups in total. The first-order chi connectivity index (χ1) is 9.65. The number of ether oxygens (including phenoxy) is 1. The number of halogens is 1. The van der Waals surface area contributed by atoms with Crippen LogP contribution in [0, 0.1) is 0 Å². The molecule has 0 heterocycles. The molecule has 0 aliphatic heterocycles. The van der Waals surface area contributed by atoms with E-state index in [1.807, 2.05) is 30.3 Å². The number of rotatable bonds is 4. The third kappa shape index (κ3) is 4.26. The molecule has 4 nitrogen and oxygen atoms in total. The summed E-state index contributed by atoms with van der Waals surface area (Å²) in [5.41, 5.74) is 1.37. The predicted octanol–water partition coefficient (Wildman–Crippen LogP) is 3.26. The molecule has 0 saturated carbocycles. The van der Waals surface area contributed by atoms with Gasteiger partial charge in [-0.2, -0.15) is 0 Å². The Balaban J connectivity index is 1.85. The Bertz CT molecular complexity index is 574. The predicted molar refractivity (Wildman–Crippen MR) is 76.2 cm³/mol. The van der Waals surface area contributed by atoms with Crippen molar-refractivity contribution in [2.45, 2.75) is 12.8 Å². The lowest BCUT2D eigenvalue weighted by Crippen LogP contribution is -2.28. The average Bonchev–Trinajstić information content (AvgIpc) is 2.46. The molecular formula is C15H14ClNO3. The highest BCUT2D eigenvalue weighted by molar-refractivity contribution is 6.30. The molecule has 2 aromatic rings. The van der Waals surface area contributed by atoms with Gasteiger partial charge < -0.3 is 9.84 Å². The van der Waals surface area contributed by atoms with Crippen LogP contribution in [-0.4, -0.2) is 11.2 Å². The Morgan fingerprint density at radius 1 is 1.20 bits per heavy atom. The summed E-state index contributed by atoms with van der Waals surface area (Å²) in [6.45, 7) is 0.148. The number of hydrogen-bond donors (Lipinski definition) is 2. The number of carbonyl (C=O) groups is 1. The van der Waals surface area contributed by atoms with Crippen LogP contribution in [0.25, 0.3) is 0 Å². The minimum atomic E-state index is -1.16. The summed E-state index contributed by atoms with van der Waals surface area (Å²) < 4.78 is 5.01. The van der Waals surface area contributed by atoms with Gasteiger partial charge in [0.1, 0.15) is 6.61 Å². The van der Waals surface area contributed by atoms with E-state index in [2.05, 4.69) is 5.32 Å². The van der Waals surface area contributed by atoms with Gasteiger partial charge in [0.25, 0.3) is 0 Å². The molecule has 104 valence electrons. The van der Waals surface area contributed by atoms with Gasteiger partial charge in [-0.3, -0.25) is 5.32 Å². The Morgan fingerprint density at radius 2 is 1.95 bits per heavy atom. The third-order valence-corrected chi connectivity index (χ3v) is 2.87. The number of aliphatic hydroxyl groups is 1. The van der Waals surface area contributed by atoms with Gasteiger partial charge in [0.2, 0.25) is 0 Å². The van der Waals surface area contributed by atoms with Crippen LogP contribution in [0.5, 0.6) is 0 Å². The van der Waals surface area contributed by atoms with Crippen LogP contribution < -0.4 is 5.32 Å². The van der Waals surface area contributed by atoms with Gasteiger partial charge in [-0.05, 0) is 17.7 Å². The highest BCUT2D eigenvalue weighted by Gasteiger charge is 2.12. The van der Waals surface area contributed by atoms with Gasteiger partial charge in [0.05, 0.1) is 0 Å². The summed E-state index contributed by atoms with van der Waals surface area (Å²) in [6, 6.07) is 15.9. The van der Waals surface area contributed by atoms with Crippen molar-refractivity contribution in [1.29, 1.82) is 0 Å². The summed E-state index contributed by atoms with van der Waals surface area (Å²) in [7, 11) is 0. The lowest BCUT2D eigenvalue weighted by Gasteiger charge is -2.13. The highest BCUT2D eigenvalue weighted by Crippen LogP contribution is 2.16. The first-order valence-electron chi connectivity index (χ1n) is 6.06. The molecule has 0 fully saturated rings. The molecule has 1 atom stereocenters. The number of aliphatic hydroxyl groups excluding tert-OH is 1. The number of carbonyl (C=O) groups excluding carboxylic acids is 1. The zero-order valence-electron chi connectivity index (χ0n) is 10.6. The van der Waals surface area contributed by atoms with Crippen LogP contribution in [0.2, 0.25) is 5.02 Å². The smallest absolute Gasteiger partial charge is 0.409 e. The van der Waals surface area contributed by atoms with E-state index in [-0.39, 0.29) is 6.61 Å². The molecule has 1 unspecified atom stereocenters. The molecule has 2 rings (SSSR count). The number of nitrogens with one attached hydrogen (secondary N) is 1. The van der Waals surface area contributed by atoms with E-state index >= 15 is 0 Å². The zero-order chi connectivity index (χ0) is 14.4. The number of alkyl carbamates (subject to hydrolysis) is 1. The van der Waals surface area contributed by atoms with Crippen LogP contribution in [0.1, 0.15) is 17.4 Å². The molecule has 2 aromatic carbocycles. The molecule has 0 bridgehead atoms. The van der Waals surface area contributed by atoms with E-state index < -0.39 is 12.3 Å². The SMILES string of the molecule is O=C(NC(O)c1cccc(Cl)c1)OCc1ccccc1. The Labute approximate surface area is 122 Å².